The molecule has 1 N–H and O–H groups in total. The van der Waals surface area contributed by atoms with Gasteiger partial charge < -0.3 is 14.6 Å². The van der Waals surface area contributed by atoms with Gasteiger partial charge in [-0.2, -0.15) is 0 Å². The molecule has 20 heavy (non-hydrogen) atoms. The Labute approximate surface area is 128 Å². The fourth-order valence-corrected chi connectivity index (χ4v) is 2.89. The van der Waals surface area contributed by atoms with Gasteiger partial charge in [-0.25, -0.2) is 4.98 Å². The highest BCUT2D eigenvalue weighted by Crippen LogP contribution is 2.27. The van der Waals surface area contributed by atoms with Gasteiger partial charge in [-0.3, -0.25) is 0 Å². The minimum absolute atomic E-state index is 0.257. The Morgan fingerprint density at radius 3 is 2.80 bits per heavy atom. The molecule has 1 heterocycles. The van der Waals surface area contributed by atoms with Gasteiger partial charge in [0.2, 0.25) is 0 Å². The number of nitrogens with zero attached hydrogens (tertiary/aromatic N) is 2. The molecule has 0 spiro atoms. The van der Waals surface area contributed by atoms with Crippen LogP contribution in [0, 0.1) is 0 Å². The van der Waals surface area contributed by atoms with Crippen molar-refractivity contribution < 1.29 is 4.74 Å². The van der Waals surface area contributed by atoms with Gasteiger partial charge in [-0.1, -0.05) is 13.0 Å². The van der Waals surface area contributed by atoms with Crippen LogP contribution in [0.4, 0.5) is 0 Å². The molecule has 0 saturated carbocycles. The van der Waals surface area contributed by atoms with Crippen molar-refractivity contribution in [1.29, 1.82) is 0 Å². The first-order chi connectivity index (χ1) is 9.65. The molecule has 0 aliphatic heterocycles. The van der Waals surface area contributed by atoms with E-state index in [1.54, 1.807) is 7.11 Å². The molecule has 0 amide bonds. The average molecular weight is 338 g/mol. The number of nitrogens with one attached hydrogen (secondary N) is 1. The Morgan fingerprint density at radius 2 is 2.25 bits per heavy atom. The highest BCUT2D eigenvalue weighted by molar-refractivity contribution is 9.10. The highest BCUT2D eigenvalue weighted by Gasteiger charge is 2.15. The molecular weight excluding hydrogens is 318 g/mol. The first kappa shape index (κ1) is 15.1. The van der Waals surface area contributed by atoms with E-state index >= 15 is 0 Å². The molecule has 0 aliphatic rings. The predicted molar refractivity (Wildman–Crippen MR) is 84.0 cm³/mol. The van der Waals surface area contributed by atoms with Crippen LogP contribution in [0.2, 0.25) is 0 Å². The number of ether oxygens (including phenoxy) is 1. The van der Waals surface area contributed by atoms with E-state index in [9.17, 15) is 0 Å². The molecule has 1 unspecified atom stereocenters. The third-order valence-corrected chi connectivity index (χ3v) is 3.94. The van der Waals surface area contributed by atoms with E-state index in [2.05, 4.69) is 49.9 Å². The zero-order valence-electron chi connectivity index (χ0n) is 12.1. The smallest absolute Gasteiger partial charge is 0.133 e. The first-order valence-electron chi connectivity index (χ1n) is 6.67. The Morgan fingerprint density at radius 1 is 1.45 bits per heavy atom. The molecule has 1 aromatic heterocycles. The second kappa shape index (κ2) is 6.90. The van der Waals surface area contributed by atoms with Gasteiger partial charge in [0.05, 0.1) is 29.6 Å². The number of imidazole rings is 1. The van der Waals surface area contributed by atoms with Crippen molar-refractivity contribution in [2.24, 2.45) is 7.05 Å². The maximum atomic E-state index is 5.27. The standard InChI is InChI=1S/C15H20BrN3O/c1-4-18-13(14-9-17-10-19(14)2)8-11-5-6-15(20-3)12(16)7-11/h5-7,9-10,13,18H,4,8H2,1-3H3. The molecule has 5 heteroatoms. The summed E-state index contributed by atoms with van der Waals surface area (Å²) in [4.78, 5) is 4.21. The summed E-state index contributed by atoms with van der Waals surface area (Å²) in [6.07, 6.45) is 4.67. The number of benzene rings is 1. The molecule has 1 atom stereocenters. The van der Waals surface area contributed by atoms with Crippen LogP contribution in [-0.4, -0.2) is 23.2 Å². The predicted octanol–water partition coefficient (Wildman–Crippen LogP) is 3.08. The van der Waals surface area contributed by atoms with Crippen molar-refractivity contribution >= 4 is 15.9 Å². The molecule has 1 aromatic carbocycles. The monoisotopic (exact) mass is 337 g/mol. The van der Waals surface area contributed by atoms with Crippen LogP contribution in [0.1, 0.15) is 24.2 Å². The van der Waals surface area contributed by atoms with Gasteiger partial charge in [-0.05, 0) is 46.6 Å². The van der Waals surface area contributed by atoms with Gasteiger partial charge >= 0.3 is 0 Å². The number of aryl methyl sites for hydroxylation is 1. The van der Waals surface area contributed by atoms with E-state index in [0.29, 0.717) is 0 Å². The van der Waals surface area contributed by atoms with Crippen molar-refractivity contribution in [3.8, 4) is 5.75 Å². The van der Waals surface area contributed by atoms with E-state index < -0.39 is 0 Å². The van der Waals surface area contributed by atoms with Gasteiger partial charge in [0.15, 0.2) is 0 Å². The van der Waals surface area contributed by atoms with E-state index in [4.69, 9.17) is 4.74 Å². The number of likely N-dealkylation sites (N-methyl/N-ethyl adjacent to an activating group) is 1. The summed E-state index contributed by atoms with van der Waals surface area (Å²) in [5.41, 5.74) is 2.45. The average Bonchev–Trinajstić information content (AvgIpc) is 2.85. The molecule has 0 aliphatic carbocycles. The van der Waals surface area contributed by atoms with Crippen LogP contribution in [0.25, 0.3) is 0 Å². The summed E-state index contributed by atoms with van der Waals surface area (Å²) < 4.78 is 8.31. The van der Waals surface area contributed by atoms with E-state index in [-0.39, 0.29) is 6.04 Å². The van der Waals surface area contributed by atoms with Crippen molar-refractivity contribution in [3.05, 3.63) is 46.5 Å². The lowest BCUT2D eigenvalue weighted by Gasteiger charge is -2.19. The summed E-state index contributed by atoms with van der Waals surface area (Å²) in [5.74, 6) is 0.856. The maximum Gasteiger partial charge on any atom is 0.133 e. The van der Waals surface area contributed by atoms with Gasteiger partial charge in [0.1, 0.15) is 5.75 Å². The fraction of sp³-hybridized carbons (Fsp3) is 0.400. The fourth-order valence-electron chi connectivity index (χ4n) is 2.30. The summed E-state index contributed by atoms with van der Waals surface area (Å²) in [7, 11) is 3.70. The largest absolute Gasteiger partial charge is 0.496 e. The Balaban J connectivity index is 2.20. The minimum Gasteiger partial charge on any atom is -0.496 e. The SMILES string of the molecule is CCNC(Cc1ccc(OC)c(Br)c1)c1cncn1C. The van der Waals surface area contributed by atoms with Crippen LogP contribution < -0.4 is 10.1 Å². The number of methoxy groups -OCH3 is 1. The number of hydrogen-bond donors (Lipinski definition) is 1. The minimum atomic E-state index is 0.257. The summed E-state index contributed by atoms with van der Waals surface area (Å²) in [5, 5.41) is 3.51. The van der Waals surface area contributed by atoms with Crippen molar-refractivity contribution in [2.75, 3.05) is 13.7 Å². The summed E-state index contributed by atoms with van der Waals surface area (Å²) in [6, 6.07) is 6.46. The third kappa shape index (κ3) is 3.41. The molecule has 0 fully saturated rings. The van der Waals surface area contributed by atoms with Crippen molar-refractivity contribution in [3.63, 3.8) is 0 Å². The number of rotatable bonds is 6. The summed E-state index contributed by atoms with van der Waals surface area (Å²) in [6.45, 7) is 3.04. The zero-order valence-corrected chi connectivity index (χ0v) is 13.6. The Bertz CT molecular complexity index is 568. The third-order valence-electron chi connectivity index (χ3n) is 3.32. The van der Waals surface area contributed by atoms with Gasteiger partial charge in [0.25, 0.3) is 0 Å². The molecule has 2 rings (SSSR count). The molecule has 4 nitrogen and oxygen atoms in total. The van der Waals surface area contributed by atoms with Crippen LogP contribution in [0.15, 0.2) is 35.2 Å². The topological polar surface area (TPSA) is 39.1 Å². The molecular formula is C15H20BrN3O. The molecule has 108 valence electrons. The van der Waals surface area contributed by atoms with E-state index in [0.717, 1.165) is 23.2 Å². The van der Waals surface area contributed by atoms with E-state index in [1.807, 2.05) is 25.6 Å². The second-order valence-electron chi connectivity index (χ2n) is 4.71. The lowest BCUT2D eigenvalue weighted by atomic mass is 10.0. The van der Waals surface area contributed by atoms with Crippen LogP contribution in [0.5, 0.6) is 5.75 Å². The second-order valence-corrected chi connectivity index (χ2v) is 5.57. The summed E-state index contributed by atoms with van der Waals surface area (Å²) >= 11 is 3.54. The number of hydrogen-bond acceptors (Lipinski definition) is 3. The Kier molecular flexibility index (Phi) is 5.20. The maximum absolute atomic E-state index is 5.27. The zero-order chi connectivity index (χ0) is 14.5. The van der Waals surface area contributed by atoms with Crippen molar-refractivity contribution in [1.82, 2.24) is 14.9 Å². The normalized spacial score (nSPS) is 12.4. The Hall–Kier alpha value is -1.33. The lowest BCUT2D eigenvalue weighted by molar-refractivity contribution is 0.411. The van der Waals surface area contributed by atoms with Crippen LogP contribution in [-0.2, 0) is 13.5 Å². The van der Waals surface area contributed by atoms with E-state index in [1.165, 1.54) is 11.3 Å². The number of halogens is 1. The molecule has 0 saturated heterocycles. The highest BCUT2D eigenvalue weighted by atomic mass is 79.9. The van der Waals surface area contributed by atoms with Crippen LogP contribution in [0.3, 0.4) is 0 Å². The van der Waals surface area contributed by atoms with Gasteiger partial charge in [-0.15, -0.1) is 0 Å². The van der Waals surface area contributed by atoms with Gasteiger partial charge in [0, 0.05) is 13.2 Å². The lowest BCUT2D eigenvalue weighted by Crippen LogP contribution is -2.24. The van der Waals surface area contributed by atoms with Crippen molar-refractivity contribution in [2.45, 2.75) is 19.4 Å². The molecule has 0 bridgehead atoms. The molecule has 0 radical (unpaired) electrons. The first-order valence-corrected chi connectivity index (χ1v) is 7.47. The molecule has 2 aromatic rings. The number of aromatic nitrogens is 2. The quantitative estimate of drug-likeness (QED) is 0.880. The van der Waals surface area contributed by atoms with Crippen LogP contribution >= 0.6 is 15.9 Å².